The van der Waals surface area contributed by atoms with E-state index in [1.54, 1.807) is 12.4 Å². The van der Waals surface area contributed by atoms with Gasteiger partial charge in [0.25, 0.3) is 0 Å². The lowest BCUT2D eigenvalue weighted by Crippen LogP contribution is -2.48. The van der Waals surface area contributed by atoms with Gasteiger partial charge in [0.05, 0.1) is 0 Å². The van der Waals surface area contributed by atoms with E-state index in [9.17, 15) is 13.2 Å². The summed E-state index contributed by atoms with van der Waals surface area (Å²) in [6, 6.07) is 4.63. The van der Waals surface area contributed by atoms with Crippen molar-refractivity contribution < 1.29 is 13.2 Å². The number of alkyl halides is 3. The first-order valence-corrected chi connectivity index (χ1v) is 11.0. The van der Waals surface area contributed by atoms with E-state index < -0.39 is 12.6 Å². The van der Waals surface area contributed by atoms with E-state index in [0.29, 0.717) is 25.0 Å². The Morgan fingerprint density at radius 1 is 1.03 bits per heavy atom. The molecule has 29 heavy (non-hydrogen) atoms. The van der Waals surface area contributed by atoms with Gasteiger partial charge in [0.2, 0.25) is 0 Å². The third-order valence-electron chi connectivity index (χ3n) is 6.46. The SMILES string of the molecule is CN1CCC(N2CCC(CN(CCCC(F)(F)F)Cc3ccncc3)CC2)CC1. The van der Waals surface area contributed by atoms with E-state index in [-0.39, 0.29) is 6.42 Å². The molecule has 0 bridgehead atoms. The first-order chi connectivity index (χ1) is 13.9. The summed E-state index contributed by atoms with van der Waals surface area (Å²) in [5.74, 6) is 0.574. The maximum atomic E-state index is 12.6. The molecule has 0 N–H and O–H groups in total. The lowest BCUT2D eigenvalue weighted by atomic mass is 9.93. The number of nitrogens with zero attached hydrogens (tertiary/aromatic N) is 4. The maximum absolute atomic E-state index is 12.6. The van der Waals surface area contributed by atoms with Crippen LogP contribution in [0.15, 0.2) is 24.5 Å². The molecule has 0 atom stereocenters. The van der Waals surface area contributed by atoms with Crippen LogP contribution in [0.25, 0.3) is 0 Å². The molecule has 4 nitrogen and oxygen atoms in total. The summed E-state index contributed by atoms with van der Waals surface area (Å²) in [5.41, 5.74) is 1.12. The molecule has 1 aromatic rings. The molecule has 2 fully saturated rings. The number of piperidine rings is 2. The fourth-order valence-corrected chi connectivity index (χ4v) is 4.71. The second kappa shape index (κ2) is 10.7. The number of rotatable bonds is 8. The second-order valence-corrected chi connectivity index (χ2v) is 8.82. The highest BCUT2D eigenvalue weighted by Crippen LogP contribution is 2.26. The van der Waals surface area contributed by atoms with E-state index >= 15 is 0 Å². The zero-order valence-corrected chi connectivity index (χ0v) is 17.6. The van der Waals surface area contributed by atoms with Crippen LogP contribution in [-0.2, 0) is 6.54 Å². The third-order valence-corrected chi connectivity index (χ3v) is 6.46. The van der Waals surface area contributed by atoms with Crippen LogP contribution in [0.2, 0.25) is 0 Å². The van der Waals surface area contributed by atoms with Crippen molar-refractivity contribution in [3.63, 3.8) is 0 Å². The maximum Gasteiger partial charge on any atom is 0.389 e. The minimum absolute atomic E-state index is 0.170. The lowest BCUT2D eigenvalue weighted by Gasteiger charge is -2.42. The molecule has 0 aromatic carbocycles. The van der Waals surface area contributed by atoms with Crippen molar-refractivity contribution in [2.24, 2.45) is 5.92 Å². The zero-order valence-electron chi connectivity index (χ0n) is 17.6. The smallest absolute Gasteiger partial charge is 0.306 e. The average molecular weight is 413 g/mol. The zero-order chi connectivity index (χ0) is 20.7. The van der Waals surface area contributed by atoms with Crippen LogP contribution in [0.3, 0.4) is 0 Å². The Labute approximate surface area is 173 Å². The topological polar surface area (TPSA) is 22.6 Å². The molecule has 0 amide bonds. The Morgan fingerprint density at radius 2 is 1.69 bits per heavy atom. The number of halogens is 3. The van der Waals surface area contributed by atoms with Gasteiger partial charge in [-0.05, 0) is 95.5 Å². The van der Waals surface area contributed by atoms with Gasteiger partial charge in [0, 0.05) is 37.9 Å². The van der Waals surface area contributed by atoms with E-state index in [1.807, 2.05) is 12.1 Å². The minimum atomic E-state index is -4.07. The number of pyridine rings is 1. The quantitative estimate of drug-likeness (QED) is 0.643. The van der Waals surface area contributed by atoms with Gasteiger partial charge in [-0.25, -0.2) is 0 Å². The van der Waals surface area contributed by atoms with Crippen molar-refractivity contribution in [1.82, 2.24) is 19.7 Å². The third kappa shape index (κ3) is 7.87. The van der Waals surface area contributed by atoms with Crippen molar-refractivity contribution in [3.05, 3.63) is 30.1 Å². The molecule has 2 aliphatic heterocycles. The molecule has 0 aliphatic carbocycles. The molecule has 2 aliphatic rings. The molecule has 0 spiro atoms. The Kier molecular flexibility index (Phi) is 8.33. The number of hydrogen-bond donors (Lipinski definition) is 0. The highest BCUT2D eigenvalue weighted by atomic mass is 19.4. The summed E-state index contributed by atoms with van der Waals surface area (Å²) in [4.78, 5) is 11.3. The summed E-state index contributed by atoms with van der Waals surface area (Å²) < 4.78 is 37.8. The van der Waals surface area contributed by atoms with E-state index in [1.165, 1.54) is 25.9 Å². The molecule has 0 unspecified atom stereocenters. The predicted molar refractivity (Wildman–Crippen MR) is 110 cm³/mol. The van der Waals surface area contributed by atoms with Crippen molar-refractivity contribution in [3.8, 4) is 0 Å². The monoisotopic (exact) mass is 412 g/mol. The van der Waals surface area contributed by atoms with Gasteiger partial charge in [-0.1, -0.05) is 0 Å². The van der Waals surface area contributed by atoms with E-state index in [2.05, 4.69) is 26.7 Å². The van der Waals surface area contributed by atoms with Crippen LogP contribution in [0, 0.1) is 5.92 Å². The molecule has 7 heteroatoms. The molecule has 2 saturated heterocycles. The Morgan fingerprint density at radius 3 is 2.31 bits per heavy atom. The second-order valence-electron chi connectivity index (χ2n) is 8.82. The summed E-state index contributed by atoms with van der Waals surface area (Å²) in [6.45, 7) is 6.72. The average Bonchev–Trinajstić information content (AvgIpc) is 2.69. The predicted octanol–water partition coefficient (Wildman–Crippen LogP) is 4.03. The fourth-order valence-electron chi connectivity index (χ4n) is 4.71. The molecule has 0 saturated carbocycles. The first kappa shape index (κ1) is 22.5. The van der Waals surface area contributed by atoms with Crippen LogP contribution in [0.1, 0.15) is 44.1 Å². The van der Waals surface area contributed by atoms with Crippen LogP contribution < -0.4 is 0 Å². The molecule has 3 rings (SSSR count). The van der Waals surface area contributed by atoms with Gasteiger partial charge in [-0.2, -0.15) is 13.2 Å². The van der Waals surface area contributed by atoms with Crippen LogP contribution >= 0.6 is 0 Å². The van der Waals surface area contributed by atoms with Gasteiger partial charge in [-0.15, -0.1) is 0 Å². The standard InChI is InChI=1S/C22H35F3N4/c1-27-13-7-21(8-14-27)29-15-5-20(6-16-29)18-28(12-2-9-22(23,24)25)17-19-3-10-26-11-4-19/h3-4,10-11,20-21H,2,5-9,12-18H2,1H3. The van der Waals surface area contributed by atoms with Gasteiger partial charge < -0.3 is 9.80 Å². The molecular formula is C22H35F3N4. The lowest BCUT2D eigenvalue weighted by molar-refractivity contribution is -0.136. The first-order valence-electron chi connectivity index (χ1n) is 11.0. The van der Waals surface area contributed by atoms with Gasteiger partial charge in [0.15, 0.2) is 0 Å². The van der Waals surface area contributed by atoms with E-state index in [0.717, 1.165) is 38.0 Å². The Balaban J connectivity index is 1.48. The highest BCUT2D eigenvalue weighted by Gasteiger charge is 2.29. The summed E-state index contributed by atoms with van der Waals surface area (Å²) in [5, 5.41) is 0. The summed E-state index contributed by atoms with van der Waals surface area (Å²) >= 11 is 0. The molecular weight excluding hydrogens is 377 g/mol. The van der Waals surface area contributed by atoms with Gasteiger partial charge in [-0.3, -0.25) is 9.88 Å². The Hall–Kier alpha value is -1.18. The highest BCUT2D eigenvalue weighted by molar-refractivity contribution is 5.09. The van der Waals surface area contributed by atoms with E-state index in [4.69, 9.17) is 0 Å². The van der Waals surface area contributed by atoms with Crippen LogP contribution in [0.5, 0.6) is 0 Å². The molecule has 1 aromatic heterocycles. The van der Waals surface area contributed by atoms with Crippen molar-refractivity contribution in [1.29, 1.82) is 0 Å². The summed E-state index contributed by atoms with van der Waals surface area (Å²) in [6.07, 6.45) is 3.72. The number of hydrogen-bond acceptors (Lipinski definition) is 4. The number of likely N-dealkylation sites (tertiary alicyclic amines) is 2. The van der Waals surface area contributed by atoms with Crippen LogP contribution in [-0.4, -0.2) is 78.2 Å². The summed E-state index contributed by atoms with van der Waals surface area (Å²) in [7, 11) is 2.19. The van der Waals surface area contributed by atoms with Gasteiger partial charge >= 0.3 is 6.18 Å². The van der Waals surface area contributed by atoms with Crippen molar-refractivity contribution >= 4 is 0 Å². The van der Waals surface area contributed by atoms with Gasteiger partial charge in [0.1, 0.15) is 0 Å². The largest absolute Gasteiger partial charge is 0.389 e. The number of aromatic nitrogens is 1. The minimum Gasteiger partial charge on any atom is -0.306 e. The molecule has 164 valence electrons. The molecule has 0 radical (unpaired) electrons. The normalized spacial score (nSPS) is 21.1. The van der Waals surface area contributed by atoms with Crippen molar-refractivity contribution in [2.75, 3.05) is 46.3 Å². The fraction of sp³-hybridized carbons (Fsp3) is 0.773. The van der Waals surface area contributed by atoms with Crippen molar-refractivity contribution in [2.45, 2.75) is 57.3 Å². The molecule has 3 heterocycles. The Bertz CT molecular complexity index is 579. The van der Waals surface area contributed by atoms with Crippen LogP contribution in [0.4, 0.5) is 13.2 Å².